The molecule has 0 aliphatic rings. The zero-order chi connectivity index (χ0) is 21.9. The largest absolute Gasteiger partial charge is 0.370 e. The van der Waals surface area contributed by atoms with Crippen LogP contribution >= 0.6 is 0 Å². The molecule has 0 bridgehead atoms. The van der Waals surface area contributed by atoms with Crippen LogP contribution in [0.1, 0.15) is 29.4 Å². The van der Waals surface area contributed by atoms with Crippen molar-refractivity contribution in [3.05, 3.63) is 65.0 Å². The summed E-state index contributed by atoms with van der Waals surface area (Å²) in [5.41, 5.74) is 3.78. The summed E-state index contributed by atoms with van der Waals surface area (Å²) in [7, 11) is -3.68. The summed E-state index contributed by atoms with van der Waals surface area (Å²) in [6.45, 7) is 10.2. The average molecular weight is 426 g/mol. The van der Waals surface area contributed by atoms with Crippen molar-refractivity contribution in [3.63, 3.8) is 0 Å². The Morgan fingerprint density at radius 2 is 1.40 bits per heavy atom. The lowest BCUT2D eigenvalue weighted by molar-refractivity contribution is 0.600. The Balaban J connectivity index is 1.78. The molecule has 8 heteroatoms. The van der Waals surface area contributed by atoms with Crippen LogP contribution in [0.15, 0.2) is 47.4 Å². The van der Waals surface area contributed by atoms with E-state index in [0.717, 1.165) is 34.7 Å². The third-order valence-corrected chi connectivity index (χ3v) is 6.16. The molecule has 2 aromatic carbocycles. The van der Waals surface area contributed by atoms with Crippen molar-refractivity contribution in [2.45, 2.75) is 39.5 Å². The second-order valence-corrected chi connectivity index (χ2v) is 8.87. The van der Waals surface area contributed by atoms with Crippen LogP contribution in [0.2, 0.25) is 0 Å². The Kier molecular flexibility index (Phi) is 6.26. The molecule has 1 heterocycles. The van der Waals surface area contributed by atoms with E-state index in [-0.39, 0.29) is 0 Å². The molecule has 3 N–H and O–H groups in total. The fourth-order valence-electron chi connectivity index (χ4n) is 3.47. The molecule has 0 radical (unpaired) electrons. The Hall–Kier alpha value is -3.13. The van der Waals surface area contributed by atoms with E-state index in [0.29, 0.717) is 22.2 Å². The van der Waals surface area contributed by atoms with Gasteiger partial charge in [0.05, 0.1) is 4.90 Å². The van der Waals surface area contributed by atoms with Crippen LogP contribution < -0.4 is 15.4 Å². The van der Waals surface area contributed by atoms with Crippen molar-refractivity contribution in [1.82, 2.24) is 9.97 Å². The third kappa shape index (κ3) is 5.07. The first-order valence-corrected chi connectivity index (χ1v) is 11.2. The molecule has 0 unspecified atom stereocenters. The van der Waals surface area contributed by atoms with Crippen molar-refractivity contribution in [3.8, 4) is 0 Å². The molecule has 7 nitrogen and oxygen atoms in total. The molecule has 0 saturated carbocycles. The molecule has 0 amide bonds. The van der Waals surface area contributed by atoms with E-state index in [1.807, 2.05) is 52.8 Å². The van der Waals surface area contributed by atoms with Gasteiger partial charge in [-0.05, 0) is 70.0 Å². The number of nitrogens with zero attached hydrogens (tertiary/aromatic N) is 2. The molecule has 3 aromatic rings. The lowest BCUT2D eigenvalue weighted by Gasteiger charge is -2.14. The highest BCUT2D eigenvalue weighted by Gasteiger charge is 2.20. The zero-order valence-corrected chi connectivity index (χ0v) is 18.7. The average Bonchev–Trinajstić information content (AvgIpc) is 2.61. The second kappa shape index (κ2) is 8.71. The summed E-state index contributed by atoms with van der Waals surface area (Å²) in [6, 6.07) is 12.6. The lowest BCUT2D eigenvalue weighted by atomic mass is 10.1. The summed E-state index contributed by atoms with van der Waals surface area (Å²) < 4.78 is 28.5. The van der Waals surface area contributed by atoms with Crippen LogP contribution in [-0.4, -0.2) is 24.9 Å². The number of nitrogens with one attached hydrogen (secondary N) is 3. The SMILES string of the molecule is CCNc1cc(Nc2ccc(NS(=O)(=O)c3c(C)cc(C)cc3C)cc2)nc(C)n1. The van der Waals surface area contributed by atoms with E-state index in [4.69, 9.17) is 0 Å². The fraction of sp³-hybridized carbons (Fsp3) is 0.273. The molecule has 0 saturated heterocycles. The van der Waals surface area contributed by atoms with Gasteiger partial charge in [-0.25, -0.2) is 18.4 Å². The van der Waals surface area contributed by atoms with Crippen molar-refractivity contribution in [2.75, 3.05) is 21.9 Å². The molecule has 0 fully saturated rings. The summed E-state index contributed by atoms with van der Waals surface area (Å²) in [5.74, 6) is 2.07. The van der Waals surface area contributed by atoms with Gasteiger partial charge in [-0.15, -0.1) is 0 Å². The molecule has 158 valence electrons. The minimum atomic E-state index is -3.68. The summed E-state index contributed by atoms with van der Waals surface area (Å²) in [4.78, 5) is 9.04. The number of benzene rings is 2. The van der Waals surface area contributed by atoms with E-state index in [2.05, 4.69) is 25.3 Å². The zero-order valence-electron chi connectivity index (χ0n) is 17.9. The van der Waals surface area contributed by atoms with Crippen molar-refractivity contribution in [1.29, 1.82) is 0 Å². The predicted molar refractivity (Wildman–Crippen MR) is 122 cm³/mol. The second-order valence-electron chi connectivity index (χ2n) is 7.25. The van der Waals surface area contributed by atoms with E-state index in [1.54, 1.807) is 24.3 Å². The lowest BCUT2D eigenvalue weighted by Crippen LogP contribution is -2.16. The molecule has 0 aliphatic heterocycles. The van der Waals surface area contributed by atoms with Crippen LogP contribution in [0.25, 0.3) is 0 Å². The van der Waals surface area contributed by atoms with E-state index < -0.39 is 10.0 Å². The monoisotopic (exact) mass is 425 g/mol. The van der Waals surface area contributed by atoms with E-state index in [9.17, 15) is 8.42 Å². The van der Waals surface area contributed by atoms with Gasteiger partial charge in [0.25, 0.3) is 10.0 Å². The van der Waals surface area contributed by atoms with Gasteiger partial charge in [-0.2, -0.15) is 0 Å². The van der Waals surface area contributed by atoms with E-state index in [1.165, 1.54) is 0 Å². The van der Waals surface area contributed by atoms with Gasteiger partial charge in [0.15, 0.2) is 0 Å². The molecule has 0 spiro atoms. The van der Waals surface area contributed by atoms with Crippen LogP contribution in [0.5, 0.6) is 0 Å². The Morgan fingerprint density at radius 1 is 0.833 bits per heavy atom. The van der Waals surface area contributed by atoms with E-state index >= 15 is 0 Å². The maximum Gasteiger partial charge on any atom is 0.262 e. The number of anilines is 4. The first kappa shape index (κ1) is 21.6. The molecular weight excluding hydrogens is 398 g/mol. The van der Waals surface area contributed by atoms with Crippen molar-refractivity contribution >= 4 is 33.0 Å². The Morgan fingerprint density at radius 3 is 2.00 bits per heavy atom. The highest BCUT2D eigenvalue weighted by molar-refractivity contribution is 7.92. The van der Waals surface area contributed by atoms with Crippen LogP contribution in [-0.2, 0) is 10.0 Å². The van der Waals surface area contributed by atoms with Gasteiger partial charge in [0, 0.05) is 24.0 Å². The Labute approximate surface area is 178 Å². The number of aromatic nitrogens is 2. The summed E-state index contributed by atoms with van der Waals surface area (Å²) >= 11 is 0. The molecule has 1 aromatic heterocycles. The number of aryl methyl sites for hydroxylation is 4. The molecule has 0 aliphatic carbocycles. The summed E-state index contributed by atoms with van der Waals surface area (Å²) in [5, 5.41) is 6.39. The maximum absolute atomic E-state index is 12.9. The Bertz CT molecular complexity index is 1140. The topological polar surface area (TPSA) is 96.0 Å². The van der Waals surface area contributed by atoms with Crippen LogP contribution in [0.3, 0.4) is 0 Å². The molecule has 30 heavy (non-hydrogen) atoms. The highest BCUT2D eigenvalue weighted by atomic mass is 32.2. The van der Waals surface area contributed by atoms with Gasteiger partial charge in [0.1, 0.15) is 17.5 Å². The normalized spacial score (nSPS) is 11.2. The third-order valence-electron chi connectivity index (χ3n) is 4.48. The van der Waals surface area contributed by atoms with Gasteiger partial charge in [0.2, 0.25) is 0 Å². The number of rotatable bonds is 7. The minimum Gasteiger partial charge on any atom is -0.370 e. The van der Waals surface area contributed by atoms with Crippen molar-refractivity contribution in [2.24, 2.45) is 0 Å². The van der Waals surface area contributed by atoms with Crippen LogP contribution in [0.4, 0.5) is 23.0 Å². The predicted octanol–water partition coefficient (Wildman–Crippen LogP) is 4.69. The summed E-state index contributed by atoms with van der Waals surface area (Å²) in [6.07, 6.45) is 0. The quantitative estimate of drug-likeness (QED) is 0.508. The van der Waals surface area contributed by atoms with Gasteiger partial charge in [-0.3, -0.25) is 4.72 Å². The smallest absolute Gasteiger partial charge is 0.262 e. The first-order chi connectivity index (χ1) is 14.2. The van der Waals surface area contributed by atoms with Gasteiger partial charge in [-0.1, -0.05) is 17.7 Å². The standard InChI is InChI=1S/C22H27N5O2S/c1-6-23-20-13-21(25-17(5)24-20)26-18-7-9-19(10-8-18)27-30(28,29)22-15(3)11-14(2)12-16(22)4/h7-13,27H,6H2,1-5H3,(H2,23,24,25,26). The highest BCUT2D eigenvalue weighted by Crippen LogP contribution is 2.25. The van der Waals surface area contributed by atoms with Crippen molar-refractivity contribution < 1.29 is 8.42 Å². The fourth-order valence-corrected chi connectivity index (χ4v) is 4.98. The van der Waals surface area contributed by atoms with Gasteiger partial charge >= 0.3 is 0 Å². The molecule has 0 atom stereocenters. The number of hydrogen-bond donors (Lipinski definition) is 3. The van der Waals surface area contributed by atoms with Crippen LogP contribution in [0, 0.1) is 27.7 Å². The van der Waals surface area contributed by atoms with Gasteiger partial charge < -0.3 is 10.6 Å². The minimum absolute atomic E-state index is 0.322. The molecule has 3 rings (SSSR count). The maximum atomic E-state index is 12.9. The molecular formula is C22H27N5O2S. The number of hydrogen-bond acceptors (Lipinski definition) is 6. The number of sulfonamides is 1. The first-order valence-electron chi connectivity index (χ1n) is 9.75.